The first-order chi connectivity index (χ1) is 10.8. The Bertz CT molecular complexity index is 576. The van der Waals surface area contributed by atoms with Crippen LogP contribution in [0.4, 0.5) is 5.95 Å². The molecule has 0 spiro atoms. The monoisotopic (exact) mass is 300 g/mol. The van der Waals surface area contributed by atoms with Gasteiger partial charge in [0.1, 0.15) is 0 Å². The van der Waals surface area contributed by atoms with Crippen molar-refractivity contribution < 1.29 is 9.47 Å². The first-order valence-electron chi connectivity index (χ1n) is 7.46. The topological polar surface area (TPSA) is 60.4 Å². The Labute approximate surface area is 130 Å². The van der Waals surface area contributed by atoms with E-state index in [0.29, 0.717) is 12.4 Å². The van der Waals surface area contributed by atoms with Crippen LogP contribution >= 0.6 is 0 Å². The predicted octanol–water partition coefficient (Wildman–Crippen LogP) is 2.07. The van der Waals surface area contributed by atoms with Gasteiger partial charge in [0.25, 0.3) is 0 Å². The quantitative estimate of drug-likeness (QED) is 0.842. The van der Waals surface area contributed by atoms with E-state index in [-0.39, 0.29) is 6.10 Å². The van der Waals surface area contributed by atoms with Crippen molar-refractivity contribution in [3.8, 4) is 5.75 Å². The van der Waals surface area contributed by atoms with Crippen molar-refractivity contribution in [1.82, 2.24) is 15.0 Å². The highest BCUT2D eigenvalue weighted by Gasteiger charge is 2.22. The first kappa shape index (κ1) is 14.7. The fraction of sp³-hybridized carbons (Fsp3) is 0.438. The van der Waals surface area contributed by atoms with Crippen LogP contribution in [0.5, 0.6) is 5.75 Å². The molecule has 1 saturated heterocycles. The van der Waals surface area contributed by atoms with E-state index in [0.717, 1.165) is 37.4 Å². The number of rotatable bonds is 5. The van der Waals surface area contributed by atoms with Gasteiger partial charge >= 0.3 is 0 Å². The predicted molar refractivity (Wildman–Crippen MR) is 82.8 cm³/mol. The summed E-state index contributed by atoms with van der Waals surface area (Å²) in [5.74, 6) is 1.40. The largest absolute Gasteiger partial charge is 0.494 e. The second-order valence-electron chi connectivity index (χ2n) is 5.31. The van der Waals surface area contributed by atoms with E-state index >= 15 is 0 Å². The number of ether oxygens (including phenoxy) is 2. The number of methoxy groups -OCH3 is 1. The molecule has 3 rings (SSSR count). The minimum absolute atomic E-state index is 0.194. The Morgan fingerprint density at radius 2 is 2.14 bits per heavy atom. The van der Waals surface area contributed by atoms with Crippen LogP contribution in [0.25, 0.3) is 0 Å². The molecule has 3 heterocycles. The summed E-state index contributed by atoms with van der Waals surface area (Å²) in [5.41, 5.74) is 1.10. The maximum Gasteiger partial charge on any atom is 0.225 e. The highest BCUT2D eigenvalue weighted by atomic mass is 16.5. The number of anilines is 1. The summed E-state index contributed by atoms with van der Waals surface area (Å²) >= 11 is 0. The van der Waals surface area contributed by atoms with E-state index in [1.54, 1.807) is 25.7 Å². The van der Waals surface area contributed by atoms with Crippen LogP contribution in [-0.2, 0) is 11.3 Å². The molecule has 0 bridgehead atoms. The minimum Gasteiger partial charge on any atom is -0.494 e. The summed E-state index contributed by atoms with van der Waals surface area (Å²) < 4.78 is 11.1. The van der Waals surface area contributed by atoms with Crippen LogP contribution in [0, 0.1) is 0 Å². The van der Waals surface area contributed by atoms with E-state index in [9.17, 15) is 0 Å². The van der Waals surface area contributed by atoms with Crippen LogP contribution in [0.2, 0.25) is 0 Å². The molecule has 0 radical (unpaired) electrons. The molecule has 1 aliphatic rings. The minimum atomic E-state index is 0.194. The van der Waals surface area contributed by atoms with Crippen molar-refractivity contribution in [2.45, 2.75) is 25.6 Å². The molecule has 116 valence electrons. The second-order valence-corrected chi connectivity index (χ2v) is 5.31. The molecule has 0 aliphatic carbocycles. The Hall–Kier alpha value is -2.21. The number of hydrogen-bond acceptors (Lipinski definition) is 6. The van der Waals surface area contributed by atoms with Crippen molar-refractivity contribution in [2.75, 3.05) is 25.1 Å². The maximum absolute atomic E-state index is 6.00. The van der Waals surface area contributed by atoms with Gasteiger partial charge in [-0.2, -0.15) is 0 Å². The molecule has 22 heavy (non-hydrogen) atoms. The molecule has 1 fully saturated rings. The van der Waals surface area contributed by atoms with Gasteiger partial charge in [-0.3, -0.25) is 4.98 Å². The average molecular weight is 300 g/mol. The zero-order valence-corrected chi connectivity index (χ0v) is 12.7. The molecular formula is C16H20N4O2. The molecule has 1 aliphatic heterocycles. The van der Waals surface area contributed by atoms with Crippen molar-refractivity contribution in [3.05, 3.63) is 42.5 Å². The molecular weight excluding hydrogens is 280 g/mol. The number of aromatic nitrogens is 3. The van der Waals surface area contributed by atoms with Gasteiger partial charge in [-0.25, -0.2) is 9.97 Å². The van der Waals surface area contributed by atoms with Crippen molar-refractivity contribution in [3.63, 3.8) is 0 Å². The van der Waals surface area contributed by atoms with Gasteiger partial charge in [-0.05, 0) is 24.5 Å². The van der Waals surface area contributed by atoms with Crippen molar-refractivity contribution in [2.24, 2.45) is 0 Å². The Kier molecular flexibility index (Phi) is 4.80. The van der Waals surface area contributed by atoms with Gasteiger partial charge in [-0.1, -0.05) is 6.07 Å². The summed E-state index contributed by atoms with van der Waals surface area (Å²) in [7, 11) is 1.61. The third-order valence-electron chi connectivity index (χ3n) is 3.72. The lowest BCUT2D eigenvalue weighted by molar-refractivity contribution is 0.0311. The molecule has 0 aromatic carbocycles. The van der Waals surface area contributed by atoms with Gasteiger partial charge in [0.2, 0.25) is 5.95 Å². The lowest BCUT2D eigenvalue weighted by atomic mass is 10.1. The molecule has 6 nitrogen and oxygen atoms in total. The molecule has 6 heteroatoms. The zero-order valence-electron chi connectivity index (χ0n) is 12.7. The summed E-state index contributed by atoms with van der Waals surface area (Å²) in [5, 5.41) is 0. The van der Waals surface area contributed by atoms with E-state index < -0.39 is 0 Å². The standard InChI is InChI=1S/C16H20N4O2/c1-21-15-9-18-16(19-10-15)20-7-3-5-14(11-20)22-12-13-4-2-6-17-8-13/h2,4,6,8-10,14H,3,5,7,11-12H2,1H3/t14-/m0/s1. The maximum atomic E-state index is 6.00. The van der Waals surface area contributed by atoms with Crippen LogP contribution in [-0.4, -0.2) is 41.3 Å². The van der Waals surface area contributed by atoms with Gasteiger partial charge in [0, 0.05) is 25.5 Å². The lowest BCUT2D eigenvalue weighted by Gasteiger charge is -2.32. The molecule has 0 unspecified atom stereocenters. The van der Waals surface area contributed by atoms with E-state index in [1.165, 1.54) is 0 Å². The van der Waals surface area contributed by atoms with Gasteiger partial charge < -0.3 is 14.4 Å². The summed E-state index contributed by atoms with van der Waals surface area (Å²) in [4.78, 5) is 15.0. The van der Waals surface area contributed by atoms with E-state index in [1.807, 2.05) is 18.3 Å². The van der Waals surface area contributed by atoms with Gasteiger partial charge in [0.15, 0.2) is 5.75 Å². The smallest absolute Gasteiger partial charge is 0.225 e. The summed E-state index contributed by atoms with van der Waals surface area (Å²) in [6.45, 7) is 2.36. The van der Waals surface area contributed by atoms with E-state index in [4.69, 9.17) is 9.47 Å². The highest BCUT2D eigenvalue weighted by molar-refractivity contribution is 5.32. The molecule has 0 amide bonds. The first-order valence-corrected chi connectivity index (χ1v) is 7.46. The van der Waals surface area contributed by atoms with Crippen molar-refractivity contribution in [1.29, 1.82) is 0 Å². The van der Waals surface area contributed by atoms with Crippen molar-refractivity contribution >= 4 is 5.95 Å². The number of pyridine rings is 1. The fourth-order valence-corrected chi connectivity index (χ4v) is 2.53. The molecule has 2 aromatic heterocycles. The third kappa shape index (κ3) is 3.71. The van der Waals surface area contributed by atoms with Gasteiger partial charge in [-0.15, -0.1) is 0 Å². The van der Waals surface area contributed by atoms with Crippen LogP contribution in [0.15, 0.2) is 36.9 Å². The Balaban J connectivity index is 1.56. The second kappa shape index (κ2) is 7.17. The fourth-order valence-electron chi connectivity index (χ4n) is 2.53. The zero-order chi connectivity index (χ0) is 15.2. The number of nitrogens with zero attached hydrogens (tertiary/aromatic N) is 4. The lowest BCUT2D eigenvalue weighted by Crippen LogP contribution is -2.40. The van der Waals surface area contributed by atoms with Crippen LogP contribution in [0.3, 0.4) is 0 Å². The molecule has 2 aromatic rings. The molecule has 1 atom stereocenters. The normalized spacial score (nSPS) is 18.2. The number of hydrogen-bond donors (Lipinski definition) is 0. The Morgan fingerprint density at radius 3 is 2.86 bits per heavy atom. The Morgan fingerprint density at radius 1 is 1.27 bits per heavy atom. The van der Waals surface area contributed by atoms with Gasteiger partial charge in [0.05, 0.1) is 32.2 Å². The molecule has 0 N–H and O–H groups in total. The van der Waals surface area contributed by atoms with Crippen LogP contribution in [0.1, 0.15) is 18.4 Å². The summed E-state index contributed by atoms with van der Waals surface area (Å²) in [6.07, 6.45) is 9.34. The highest BCUT2D eigenvalue weighted by Crippen LogP contribution is 2.19. The average Bonchev–Trinajstić information content (AvgIpc) is 2.61. The SMILES string of the molecule is COc1cnc(N2CCC[C@H](OCc3cccnc3)C2)nc1. The summed E-state index contributed by atoms with van der Waals surface area (Å²) in [6, 6.07) is 3.96. The third-order valence-corrected chi connectivity index (χ3v) is 3.72. The van der Waals surface area contributed by atoms with Crippen LogP contribution < -0.4 is 9.64 Å². The molecule has 0 saturated carbocycles. The number of piperidine rings is 1. The van der Waals surface area contributed by atoms with E-state index in [2.05, 4.69) is 19.9 Å².